The number of benzene rings is 1. The van der Waals surface area contributed by atoms with Gasteiger partial charge in [0.05, 0.1) is 31.3 Å². The van der Waals surface area contributed by atoms with E-state index in [9.17, 15) is 39.0 Å². The molecule has 0 fully saturated rings. The number of nitrogens with two attached hydrogens (primary N) is 1. The number of rotatable bonds is 21. The number of hydrogen-bond donors (Lipinski definition) is 11. The molecule has 19 nitrogen and oxygen atoms in total. The number of aromatic nitrogens is 5. The average molecular weight is 768 g/mol. The number of thioether (sulfide) groups is 1. The molecule has 0 unspecified atom stereocenters. The van der Waals surface area contributed by atoms with Crippen LogP contribution in [0.3, 0.4) is 0 Å². The summed E-state index contributed by atoms with van der Waals surface area (Å²) in [6.07, 6.45) is 7.96. The highest BCUT2D eigenvalue weighted by atomic mass is 32.2. The van der Waals surface area contributed by atoms with Crippen molar-refractivity contribution in [2.24, 2.45) is 5.73 Å². The van der Waals surface area contributed by atoms with Crippen molar-refractivity contribution in [3.63, 3.8) is 0 Å². The molecular weight excluding hydrogens is 723 g/mol. The first-order valence-corrected chi connectivity index (χ1v) is 18.4. The van der Waals surface area contributed by atoms with Crippen molar-refractivity contribution in [3.8, 4) is 0 Å². The molecule has 0 saturated carbocycles. The van der Waals surface area contributed by atoms with Crippen molar-refractivity contribution in [3.05, 3.63) is 72.5 Å². The summed E-state index contributed by atoms with van der Waals surface area (Å²) in [6, 6.07) is 1.29. The molecule has 54 heavy (non-hydrogen) atoms. The van der Waals surface area contributed by atoms with Crippen LogP contribution in [0.15, 0.2) is 55.5 Å². The zero-order chi connectivity index (χ0) is 39.2. The van der Waals surface area contributed by atoms with Crippen LogP contribution >= 0.6 is 11.8 Å². The van der Waals surface area contributed by atoms with Crippen molar-refractivity contribution >= 4 is 58.2 Å². The zero-order valence-electron chi connectivity index (χ0n) is 29.6. The SMILES string of the molecule is CSCC[C@H](NC(=O)[C@@H](N)Cc1c[nH]c2ccccc12)C(=O)N[C@@H](Cc1cnc[nH]1)C(=O)N[C@H](C(=O)NCC(=O)N[C@@H](Cc1cnc[nH]1)C(=O)O)[C@@H](C)O. The number of hydrogen-bond acceptors (Lipinski definition) is 11. The Balaban J connectivity index is 1.40. The summed E-state index contributed by atoms with van der Waals surface area (Å²) in [5, 5.41) is 33.2. The number of para-hydroxylation sites is 1. The third-order valence-corrected chi connectivity index (χ3v) is 9.05. The van der Waals surface area contributed by atoms with Crippen LogP contribution in [0, 0.1) is 0 Å². The van der Waals surface area contributed by atoms with E-state index in [-0.39, 0.29) is 25.7 Å². The summed E-state index contributed by atoms with van der Waals surface area (Å²) in [5.41, 5.74) is 8.93. The van der Waals surface area contributed by atoms with Gasteiger partial charge in [0, 0.05) is 53.7 Å². The highest BCUT2D eigenvalue weighted by Gasteiger charge is 2.33. The number of carboxylic acid groups (broad SMARTS) is 1. The number of fused-ring (bicyclic) bond motifs is 1. The molecular formula is C34H45N11O8S. The molecule has 0 aliphatic carbocycles. The number of aliphatic hydroxyl groups excluding tert-OH is 1. The number of aliphatic carboxylic acids is 1. The Morgan fingerprint density at radius 1 is 0.815 bits per heavy atom. The van der Waals surface area contributed by atoms with Gasteiger partial charge in [0.2, 0.25) is 29.5 Å². The third kappa shape index (κ3) is 11.9. The normalized spacial score (nSPS) is 14.5. The topological polar surface area (TPSA) is 302 Å². The zero-order valence-corrected chi connectivity index (χ0v) is 30.4. The average Bonchev–Trinajstić information content (AvgIpc) is 3.94. The molecule has 20 heteroatoms. The molecule has 5 amide bonds. The number of aromatic amines is 3. The number of H-pyrrole nitrogens is 3. The fourth-order valence-corrected chi connectivity index (χ4v) is 5.98. The summed E-state index contributed by atoms with van der Waals surface area (Å²) in [4.78, 5) is 94.4. The summed E-state index contributed by atoms with van der Waals surface area (Å²) in [6.45, 7) is 0.573. The van der Waals surface area contributed by atoms with Crippen LogP contribution < -0.4 is 32.3 Å². The molecule has 3 heterocycles. The van der Waals surface area contributed by atoms with E-state index in [0.29, 0.717) is 17.1 Å². The summed E-state index contributed by atoms with van der Waals surface area (Å²) < 4.78 is 0. The summed E-state index contributed by atoms with van der Waals surface area (Å²) >= 11 is 1.45. The highest BCUT2D eigenvalue weighted by Crippen LogP contribution is 2.19. The second-order valence-electron chi connectivity index (χ2n) is 12.5. The van der Waals surface area contributed by atoms with Crippen molar-refractivity contribution in [1.82, 2.24) is 51.5 Å². The highest BCUT2D eigenvalue weighted by molar-refractivity contribution is 7.98. The number of imidazole rings is 2. The van der Waals surface area contributed by atoms with Gasteiger partial charge in [0.1, 0.15) is 24.2 Å². The fraction of sp³-hybridized carbons (Fsp3) is 0.412. The molecule has 0 aliphatic heterocycles. The van der Waals surface area contributed by atoms with Crippen LogP contribution in [-0.4, -0.2) is 126 Å². The Hall–Kier alpha value is -5.73. The largest absolute Gasteiger partial charge is 0.480 e. The van der Waals surface area contributed by atoms with E-state index < -0.39 is 78.4 Å². The monoisotopic (exact) mass is 767 g/mol. The predicted octanol–water partition coefficient (Wildman–Crippen LogP) is -1.76. The standard InChI is InChI=1S/C34H45N11O8S/c1-18(46)29(33(51)39-15-28(47)42-27(34(52)53)11-21-14-37-17-41-21)45-32(50)26(10-20-13-36-16-40-20)44-31(49)25(7-8-54-2)43-30(48)23(35)9-19-12-38-24-6-4-3-5-22(19)24/h3-6,12-14,16-18,23,25-27,29,38,46H,7-11,15,35H2,1-2H3,(H,36,40)(H,37,41)(H,39,51)(H,42,47)(H,43,48)(H,44,49)(H,45,50)(H,52,53)/t18-,23+,25+,26+,27+,29+/m1/s1. The Morgan fingerprint density at radius 3 is 2.06 bits per heavy atom. The first-order valence-electron chi connectivity index (χ1n) is 17.0. The number of aliphatic hydroxyl groups is 1. The smallest absolute Gasteiger partial charge is 0.326 e. The second kappa shape index (κ2) is 19.9. The minimum Gasteiger partial charge on any atom is -0.480 e. The molecule has 6 atom stereocenters. The molecule has 3 aromatic heterocycles. The number of nitrogens with zero attached hydrogens (tertiary/aromatic N) is 2. The van der Waals surface area contributed by atoms with Gasteiger partial charge >= 0.3 is 5.97 Å². The second-order valence-corrected chi connectivity index (χ2v) is 13.5. The van der Waals surface area contributed by atoms with Gasteiger partial charge < -0.3 is 57.5 Å². The summed E-state index contributed by atoms with van der Waals surface area (Å²) in [5.74, 6) is -4.73. The molecule has 0 saturated heterocycles. The molecule has 4 rings (SSSR count). The molecule has 0 bridgehead atoms. The van der Waals surface area contributed by atoms with Gasteiger partial charge in [-0.1, -0.05) is 18.2 Å². The first kappa shape index (κ1) is 41.0. The Bertz CT molecular complexity index is 1870. The van der Waals surface area contributed by atoms with Crippen LogP contribution in [0.4, 0.5) is 0 Å². The van der Waals surface area contributed by atoms with E-state index in [1.165, 1.54) is 43.7 Å². The molecule has 0 radical (unpaired) electrons. The number of nitrogens with one attached hydrogen (secondary N) is 8. The van der Waals surface area contributed by atoms with Crippen molar-refractivity contribution < 1.29 is 39.0 Å². The van der Waals surface area contributed by atoms with Gasteiger partial charge in [-0.25, -0.2) is 14.8 Å². The lowest BCUT2D eigenvalue weighted by Gasteiger charge is -2.26. The molecule has 0 spiro atoms. The summed E-state index contributed by atoms with van der Waals surface area (Å²) in [7, 11) is 0. The maximum atomic E-state index is 13.7. The third-order valence-electron chi connectivity index (χ3n) is 8.41. The van der Waals surface area contributed by atoms with Crippen LogP contribution in [0.2, 0.25) is 0 Å². The van der Waals surface area contributed by atoms with Crippen LogP contribution in [0.1, 0.15) is 30.3 Å². The lowest BCUT2D eigenvalue weighted by molar-refractivity contribution is -0.141. The van der Waals surface area contributed by atoms with Crippen molar-refractivity contribution in [2.75, 3.05) is 18.6 Å². The van der Waals surface area contributed by atoms with E-state index >= 15 is 0 Å². The number of carbonyl (C=O) groups is 6. The van der Waals surface area contributed by atoms with Gasteiger partial charge in [-0.3, -0.25) is 24.0 Å². The maximum absolute atomic E-state index is 13.7. The molecule has 4 aromatic rings. The number of carbonyl (C=O) groups excluding carboxylic acids is 5. The van der Waals surface area contributed by atoms with Gasteiger partial charge in [0.15, 0.2) is 0 Å². The molecule has 0 aliphatic rings. The van der Waals surface area contributed by atoms with E-state index in [4.69, 9.17) is 5.73 Å². The van der Waals surface area contributed by atoms with Gasteiger partial charge in [-0.05, 0) is 43.4 Å². The molecule has 1 aromatic carbocycles. The minimum atomic E-state index is -1.58. The van der Waals surface area contributed by atoms with Crippen LogP contribution in [0.25, 0.3) is 10.9 Å². The van der Waals surface area contributed by atoms with E-state index in [1.54, 1.807) is 6.20 Å². The quantitative estimate of drug-likeness (QED) is 0.0450. The van der Waals surface area contributed by atoms with Crippen LogP contribution in [-0.2, 0) is 48.0 Å². The minimum absolute atomic E-state index is 0.0928. The van der Waals surface area contributed by atoms with E-state index in [1.807, 2.05) is 30.5 Å². The number of carboxylic acids is 1. The lowest BCUT2D eigenvalue weighted by Crippen LogP contribution is -2.60. The van der Waals surface area contributed by atoms with Crippen molar-refractivity contribution in [1.29, 1.82) is 0 Å². The lowest BCUT2D eigenvalue weighted by atomic mass is 10.0. The fourth-order valence-electron chi connectivity index (χ4n) is 5.51. The van der Waals surface area contributed by atoms with Gasteiger partial charge in [-0.2, -0.15) is 11.8 Å². The maximum Gasteiger partial charge on any atom is 0.326 e. The van der Waals surface area contributed by atoms with Gasteiger partial charge in [0.25, 0.3) is 0 Å². The van der Waals surface area contributed by atoms with E-state index in [2.05, 4.69) is 51.5 Å². The Morgan fingerprint density at radius 2 is 1.44 bits per heavy atom. The van der Waals surface area contributed by atoms with Crippen molar-refractivity contribution in [2.45, 2.75) is 68.9 Å². The Kier molecular flexibility index (Phi) is 15.1. The number of amides is 5. The van der Waals surface area contributed by atoms with Gasteiger partial charge in [-0.15, -0.1) is 0 Å². The molecule has 290 valence electrons. The first-order chi connectivity index (χ1) is 25.9. The Labute approximate surface area is 313 Å². The van der Waals surface area contributed by atoms with E-state index in [0.717, 1.165) is 16.5 Å². The van der Waals surface area contributed by atoms with Crippen LogP contribution in [0.5, 0.6) is 0 Å². The molecule has 12 N–H and O–H groups in total. The predicted molar refractivity (Wildman–Crippen MR) is 198 cm³/mol.